The van der Waals surface area contributed by atoms with Crippen LogP contribution in [-0.2, 0) is 16.1 Å². The van der Waals surface area contributed by atoms with Crippen molar-refractivity contribution < 1.29 is 33.0 Å². The molecule has 38 heavy (non-hydrogen) atoms. The summed E-state index contributed by atoms with van der Waals surface area (Å²) < 4.78 is 41.8. The third-order valence-electron chi connectivity index (χ3n) is 5.54. The lowest BCUT2D eigenvalue weighted by Gasteiger charge is -2.17. The number of nitrogens with two attached hydrogens (primary N) is 2. The maximum atomic E-state index is 15.4. The van der Waals surface area contributed by atoms with Crippen LogP contribution in [0.5, 0.6) is 17.5 Å². The van der Waals surface area contributed by atoms with Gasteiger partial charge in [0, 0.05) is 36.8 Å². The van der Waals surface area contributed by atoms with Crippen molar-refractivity contribution >= 4 is 17.6 Å². The number of rotatable bonds is 9. The van der Waals surface area contributed by atoms with E-state index in [1.54, 1.807) is 24.3 Å². The van der Waals surface area contributed by atoms with E-state index in [0.717, 1.165) is 18.5 Å². The number of carbonyl (C=O) groups is 2. The summed E-state index contributed by atoms with van der Waals surface area (Å²) >= 11 is 0. The van der Waals surface area contributed by atoms with Crippen molar-refractivity contribution in [3.05, 3.63) is 82.4 Å². The minimum absolute atomic E-state index is 0.109. The van der Waals surface area contributed by atoms with E-state index in [-0.39, 0.29) is 22.9 Å². The Kier molecular flexibility index (Phi) is 7.67. The highest BCUT2D eigenvalue weighted by molar-refractivity contribution is 6.05. The van der Waals surface area contributed by atoms with E-state index in [1.165, 1.54) is 12.2 Å². The van der Waals surface area contributed by atoms with Crippen LogP contribution < -0.4 is 26.3 Å². The molecule has 1 aromatic carbocycles. The average molecular weight is 527 g/mol. The van der Waals surface area contributed by atoms with Crippen LogP contribution in [0.15, 0.2) is 64.6 Å². The third kappa shape index (κ3) is 5.78. The van der Waals surface area contributed by atoms with Gasteiger partial charge in [-0.1, -0.05) is 12.1 Å². The van der Waals surface area contributed by atoms with Crippen LogP contribution in [0.4, 0.5) is 8.78 Å². The largest absolute Gasteiger partial charge is 0.480 e. The van der Waals surface area contributed by atoms with E-state index < -0.39 is 53.8 Å². The summed E-state index contributed by atoms with van der Waals surface area (Å²) in [5, 5.41) is 11.3. The van der Waals surface area contributed by atoms with Gasteiger partial charge in [0.05, 0.1) is 13.1 Å². The quantitative estimate of drug-likeness (QED) is 0.377. The number of benzene rings is 1. The van der Waals surface area contributed by atoms with E-state index in [9.17, 15) is 9.59 Å². The Hall–Kier alpha value is -4.78. The highest BCUT2D eigenvalue weighted by Crippen LogP contribution is 2.33. The van der Waals surface area contributed by atoms with E-state index in [4.69, 9.17) is 26.0 Å². The molecule has 11 nitrogen and oxygen atoms in total. The maximum absolute atomic E-state index is 15.4. The maximum Gasteiger partial charge on any atom is 0.317 e. The average Bonchev–Trinajstić information content (AvgIpc) is 3.31. The number of ether oxygens (including phenoxy) is 2. The van der Waals surface area contributed by atoms with Gasteiger partial charge in [0.25, 0.3) is 11.8 Å². The molecule has 4 rings (SSSR count). The molecule has 0 atom stereocenters. The Morgan fingerprint density at radius 2 is 1.92 bits per heavy atom. The SMILES string of the molecule is CN1CCN=C1c1cccc(Oc2nc(OC3=CC(=C(N)N)C=CC3=O)c(F)c(CNCC(=O)O)c2F)c1. The molecule has 0 bridgehead atoms. The number of carboxylic acid groups (broad SMARTS) is 1. The highest BCUT2D eigenvalue weighted by Gasteiger charge is 2.26. The van der Waals surface area contributed by atoms with Gasteiger partial charge in [-0.05, 0) is 30.4 Å². The Bertz CT molecular complexity index is 1420. The van der Waals surface area contributed by atoms with E-state index in [2.05, 4.69) is 15.3 Å². The molecule has 0 radical (unpaired) electrons. The number of aromatic nitrogens is 1. The van der Waals surface area contributed by atoms with Gasteiger partial charge in [-0.15, -0.1) is 0 Å². The molecule has 0 fully saturated rings. The van der Waals surface area contributed by atoms with Crippen molar-refractivity contribution in [1.29, 1.82) is 0 Å². The number of pyridine rings is 1. The number of hydrogen-bond donors (Lipinski definition) is 4. The van der Waals surface area contributed by atoms with Crippen LogP contribution in [0.2, 0.25) is 0 Å². The van der Waals surface area contributed by atoms with Gasteiger partial charge in [0.2, 0.25) is 5.78 Å². The second-order valence-corrected chi connectivity index (χ2v) is 8.30. The number of ketones is 1. The number of aliphatic carboxylic acids is 1. The number of hydrogen-bond acceptors (Lipinski definition) is 10. The normalized spacial score (nSPS) is 14.9. The van der Waals surface area contributed by atoms with Crippen LogP contribution in [0, 0.1) is 11.6 Å². The molecule has 1 aromatic heterocycles. The smallest absolute Gasteiger partial charge is 0.317 e. The first-order chi connectivity index (χ1) is 18.1. The second kappa shape index (κ2) is 11.1. The summed E-state index contributed by atoms with van der Waals surface area (Å²) in [6.07, 6.45) is 3.66. The number of nitrogens with zero attached hydrogens (tertiary/aromatic N) is 3. The summed E-state index contributed by atoms with van der Waals surface area (Å²) in [5.74, 6) is -5.29. The van der Waals surface area contributed by atoms with Gasteiger partial charge < -0.3 is 36.3 Å². The Labute approximate surface area is 215 Å². The van der Waals surface area contributed by atoms with Gasteiger partial charge in [0.1, 0.15) is 17.4 Å². The molecule has 2 aromatic rings. The number of carbonyl (C=O) groups excluding carboxylic acids is 1. The zero-order valence-electron chi connectivity index (χ0n) is 20.2. The predicted molar refractivity (Wildman–Crippen MR) is 132 cm³/mol. The molecule has 1 aliphatic carbocycles. The van der Waals surface area contributed by atoms with Crippen molar-refractivity contribution in [2.24, 2.45) is 16.5 Å². The summed E-state index contributed by atoms with van der Waals surface area (Å²) in [6.45, 7) is 0.283. The minimum Gasteiger partial charge on any atom is -0.480 e. The van der Waals surface area contributed by atoms with Crippen molar-refractivity contribution in [3.63, 3.8) is 0 Å². The molecule has 0 saturated carbocycles. The van der Waals surface area contributed by atoms with Crippen molar-refractivity contribution in [2.45, 2.75) is 6.54 Å². The van der Waals surface area contributed by atoms with Gasteiger partial charge in [-0.25, -0.2) is 8.78 Å². The number of aliphatic imine (C=N–C) groups is 1. The number of nitrogens with one attached hydrogen (secondary N) is 1. The van der Waals surface area contributed by atoms with Crippen LogP contribution in [-0.4, -0.2) is 59.3 Å². The summed E-state index contributed by atoms with van der Waals surface area (Å²) in [4.78, 5) is 33.4. The molecule has 2 aliphatic rings. The molecule has 2 heterocycles. The van der Waals surface area contributed by atoms with Gasteiger partial charge in [0.15, 0.2) is 17.4 Å². The first-order valence-corrected chi connectivity index (χ1v) is 11.4. The molecular formula is C25H24F2N6O5. The van der Waals surface area contributed by atoms with Crippen molar-refractivity contribution in [2.75, 3.05) is 26.7 Å². The van der Waals surface area contributed by atoms with Crippen molar-refractivity contribution in [1.82, 2.24) is 15.2 Å². The molecule has 1 aliphatic heterocycles. The molecule has 0 amide bonds. The molecule has 6 N–H and O–H groups in total. The monoisotopic (exact) mass is 526 g/mol. The lowest BCUT2D eigenvalue weighted by atomic mass is 10.1. The van der Waals surface area contributed by atoms with Crippen molar-refractivity contribution in [3.8, 4) is 17.5 Å². The predicted octanol–water partition coefficient (Wildman–Crippen LogP) is 1.55. The van der Waals surface area contributed by atoms with Crippen LogP contribution in [0.25, 0.3) is 0 Å². The van der Waals surface area contributed by atoms with E-state index in [0.29, 0.717) is 12.1 Å². The van der Waals surface area contributed by atoms with Crippen LogP contribution >= 0.6 is 0 Å². The van der Waals surface area contributed by atoms with Crippen LogP contribution in [0.3, 0.4) is 0 Å². The third-order valence-corrected chi connectivity index (χ3v) is 5.54. The minimum atomic E-state index is -1.25. The molecular weight excluding hydrogens is 502 g/mol. The highest BCUT2D eigenvalue weighted by atomic mass is 19.1. The summed E-state index contributed by atoms with van der Waals surface area (Å²) in [7, 11) is 1.88. The Morgan fingerprint density at radius 3 is 2.58 bits per heavy atom. The topological polar surface area (TPSA) is 165 Å². The molecule has 198 valence electrons. The second-order valence-electron chi connectivity index (χ2n) is 8.30. The first-order valence-electron chi connectivity index (χ1n) is 11.4. The Balaban J connectivity index is 1.71. The number of amidine groups is 1. The van der Waals surface area contributed by atoms with E-state index in [1.807, 2.05) is 11.9 Å². The summed E-state index contributed by atoms with van der Waals surface area (Å²) in [5.41, 5.74) is 11.5. The number of allylic oxidation sites excluding steroid dienone is 4. The lowest BCUT2D eigenvalue weighted by molar-refractivity contribution is -0.136. The zero-order chi connectivity index (χ0) is 27.4. The standard InChI is InChI=1S/C25H24F2N6O5/c1-33-8-7-31-23(33)14-3-2-4-15(9-14)37-24-20(26)16(11-30-12-19(35)36)21(27)25(32-24)38-18-10-13(22(28)29)5-6-17(18)34/h2-6,9-10,30H,7-8,11-12,28-29H2,1H3,(H,35,36). The number of likely N-dealkylation sites (N-methyl/N-ethyl adjacent to an activating group) is 1. The zero-order valence-corrected chi connectivity index (χ0v) is 20.2. The lowest BCUT2D eigenvalue weighted by Crippen LogP contribution is -2.24. The Morgan fingerprint density at radius 1 is 1.18 bits per heavy atom. The van der Waals surface area contributed by atoms with E-state index >= 15 is 8.78 Å². The molecule has 13 heteroatoms. The van der Waals surface area contributed by atoms with Gasteiger partial charge in [-0.2, -0.15) is 4.98 Å². The molecule has 0 unspecified atom stereocenters. The fourth-order valence-corrected chi connectivity index (χ4v) is 3.66. The van der Waals surface area contributed by atoms with Crippen LogP contribution in [0.1, 0.15) is 11.1 Å². The molecule has 0 saturated heterocycles. The first kappa shape index (κ1) is 26.3. The fourth-order valence-electron chi connectivity index (χ4n) is 3.66. The van der Waals surface area contributed by atoms with Gasteiger partial charge in [-0.3, -0.25) is 14.6 Å². The van der Waals surface area contributed by atoms with Gasteiger partial charge >= 0.3 is 5.97 Å². The number of halogens is 2. The fraction of sp³-hybridized carbons (Fsp3) is 0.200. The summed E-state index contributed by atoms with van der Waals surface area (Å²) in [6, 6.07) is 6.65. The molecule has 0 spiro atoms. The number of carboxylic acids is 1.